The Hall–Kier alpha value is -1.29. The average Bonchev–Trinajstić information content (AvgIpc) is 2.34. The van der Waals surface area contributed by atoms with Crippen LogP contribution in [0.25, 0.3) is 0 Å². The lowest BCUT2D eigenvalue weighted by Crippen LogP contribution is -2.46. The third-order valence-electron chi connectivity index (χ3n) is 3.25. The van der Waals surface area contributed by atoms with Gasteiger partial charge in [-0.25, -0.2) is 9.18 Å². The van der Waals surface area contributed by atoms with Gasteiger partial charge in [0.2, 0.25) is 5.60 Å². The molecule has 1 aromatic carbocycles. The summed E-state index contributed by atoms with van der Waals surface area (Å²) in [6, 6.07) is 3.70. The lowest BCUT2D eigenvalue weighted by Gasteiger charge is -2.33. The zero-order chi connectivity index (χ0) is 13.2. The second-order valence-electron chi connectivity index (χ2n) is 4.54. The van der Waals surface area contributed by atoms with E-state index in [1.165, 1.54) is 12.1 Å². The van der Waals surface area contributed by atoms with E-state index in [2.05, 4.69) is 0 Å². The zero-order valence-electron chi connectivity index (χ0n) is 9.79. The predicted molar refractivity (Wildman–Crippen MR) is 65.5 cm³/mol. The molecule has 1 saturated carbocycles. The molecule has 1 N–H and O–H groups in total. The Morgan fingerprint density at radius 1 is 1.33 bits per heavy atom. The van der Waals surface area contributed by atoms with Crippen molar-refractivity contribution in [3.8, 4) is 5.75 Å². The van der Waals surface area contributed by atoms with Crippen LogP contribution >= 0.6 is 11.6 Å². The Morgan fingerprint density at radius 3 is 2.56 bits per heavy atom. The molecule has 3 nitrogen and oxygen atoms in total. The molecule has 1 aliphatic rings. The highest BCUT2D eigenvalue weighted by atomic mass is 35.5. The normalized spacial score (nSPS) is 18.3. The maximum Gasteiger partial charge on any atom is 0.348 e. The van der Waals surface area contributed by atoms with Crippen molar-refractivity contribution in [1.29, 1.82) is 0 Å². The summed E-state index contributed by atoms with van der Waals surface area (Å²) in [7, 11) is 0. The predicted octanol–water partition coefficient (Wildman–Crippen LogP) is 3.65. The van der Waals surface area contributed by atoms with Gasteiger partial charge in [0.15, 0.2) is 0 Å². The van der Waals surface area contributed by atoms with Crippen LogP contribution in [-0.2, 0) is 4.79 Å². The summed E-state index contributed by atoms with van der Waals surface area (Å²) in [6.07, 6.45) is 3.54. The number of ether oxygens (including phenoxy) is 1. The van der Waals surface area contributed by atoms with Crippen LogP contribution in [-0.4, -0.2) is 16.7 Å². The minimum Gasteiger partial charge on any atom is -0.478 e. The van der Waals surface area contributed by atoms with Crippen LogP contribution in [0.2, 0.25) is 5.02 Å². The Labute approximate surface area is 110 Å². The van der Waals surface area contributed by atoms with E-state index in [0.717, 1.165) is 25.3 Å². The fourth-order valence-corrected chi connectivity index (χ4v) is 2.46. The second kappa shape index (κ2) is 5.14. The first-order valence-corrected chi connectivity index (χ1v) is 6.29. The molecule has 0 unspecified atom stereocenters. The van der Waals surface area contributed by atoms with Crippen molar-refractivity contribution in [2.45, 2.75) is 37.7 Å². The number of rotatable bonds is 3. The van der Waals surface area contributed by atoms with E-state index in [1.807, 2.05) is 0 Å². The number of carboxylic acid groups (broad SMARTS) is 1. The summed E-state index contributed by atoms with van der Waals surface area (Å²) in [5.74, 6) is -1.23. The minimum atomic E-state index is -1.22. The number of aliphatic carboxylic acids is 1. The molecule has 0 radical (unpaired) electrons. The van der Waals surface area contributed by atoms with Crippen LogP contribution in [0.15, 0.2) is 18.2 Å². The Balaban J connectivity index is 2.26. The summed E-state index contributed by atoms with van der Waals surface area (Å²) in [5.41, 5.74) is -1.22. The van der Waals surface area contributed by atoms with Gasteiger partial charge in [-0.15, -0.1) is 0 Å². The topological polar surface area (TPSA) is 46.5 Å². The van der Waals surface area contributed by atoms with Gasteiger partial charge in [0.25, 0.3) is 0 Å². The lowest BCUT2D eigenvalue weighted by molar-refractivity contribution is -0.158. The maximum atomic E-state index is 12.9. The van der Waals surface area contributed by atoms with Gasteiger partial charge in [-0.1, -0.05) is 18.0 Å². The largest absolute Gasteiger partial charge is 0.478 e. The molecule has 2 rings (SSSR count). The molecule has 1 aliphatic carbocycles. The monoisotopic (exact) mass is 272 g/mol. The second-order valence-corrected chi connectivity index (χ2v) is 4.94. The number of carboxylic acids is 1. The molecule has 0 saturated heterocycles. The van der Waals surface area contributed by atoms with Gasteiger partial charge >= 0.3 is 5.97 Å². The number of halogens is 2. The van der Waals surface area contributed by atoms with E-state index in [4.69, 9.17) is 16.3 Å². The summed E-state index contributed by atoms with van der Waals surface area (Å²) < 4.78 is 18.5. The van der Waals surface area contributed by atoms with Gasteiger partial charge in [0, 0.05) is 0 Å². The third kappa shape index (κ3) is 2.58. The van der Waals surface area contributed by atoms with Crippen molar-refractivity contribution in [3.63, 3.8) is 0 Å². The number of benzene rings is 1. The van der Waals surface area contributed by atoms with E-state index >= 15 is 0 Å². The molecule has 18 heavy (non-hydrogen) atoms. The molecule has 0 atom stereocenters. The molecule has 5 heteroatoms. The number of hydrogen-bond donors (Lipinski definition) is 1. The first-order valence-electron chi connectivity index (χ1n) is 5.91. The Morgan fingerprint density at radius 2 is 2.00 bits per heavy atom. The van der Waals surface area contributed by atoms with Crippen LogP contribution in [0.4, 0.5) is 4.39 Å². The lowest BCUT2D eigenvalue weighted by atomic mass is 9.84. The smallest absolute Gasteiger partial charge is 0.348 e. The fourth-order valence-electron chi connectivity index (χ4n) is 2.25. The van der Waals surface area contributed by atoms with Gasteiger partial charge in [0.05, 0.1) is 5.02 Å². The first-order chi connectivity index (χ1) is 8.53. The van der Waals surface area contributed by atoms with Crippen molar-refractivity contribution in [1.82, 2.24) is 0 Å². The molecule has 0 aliphatic heterocycles. The highest BCUT2D eigenvalue weighted by molar-refractivity contribution is 6.32. The summed E-state index contributed by atoms with van der Waals surface area (Å²) >= 11 is 5.86. The molecular weight excluding hydrogens is 259 g/mol. The van der Waals surface area contributed by atoms with Gasteiger partial charge in [0.1, 0.15) is 11.6 Å². The average molecular weight is 273 g/mol. The third-order valence-corrected chi connectivity index (χ3v) is 3.55. The van der Waals surface area contributed by atoms with Gasteiger partial charge in [-0.3, -0.25) is 0 Å². The summed E-state index contributed by atoms with van der Waals surface area (Å²) in [5, 5.41) is 9.45. The fraction of sp³-hybridized carbons (Fsp3) is 0.462. The van der Waals surface area contributed by atoms with Gasteiger partial charge in [-0.2, -0.15) is 0 Å². The van der Waals surface area contributed by atoms with Crippen LogP contribution in [0, 0.1) is 5.82 Å². The zero-order valence-corrected chi connectivity index (χ0v) is 10.5. The number of hydrogen-bond acceptors (Lipinski definition) is 2. The van der Waals surface area contributed by atoms with Crippen molar-refractivity contribution in [2.75, 3.05) is 0 Å². The van der Waals surface area contributed by atoms with E-state index in [1.54, 1.807) is 0 Å². The molecule has 0 heterocycles. The van der Waals surface area contributed by atoms with Crippen molar-refractivity contribution in [2.24, 2.45) is 0 Å². The molecule has 1 aromatic rings. The van der Waals surface area contributed by atoms with Crippen LogP contribution in [0.1, 0.15) is 32.1 Å². The van der Waals surface area contributed by atoms with Crippen molar-refractivity contribution < 1.29 is 19.0 Å². The maximum absolute atomic E-state index is 12.9. The molecular formula is C13H14ClFO3. The van der Waals surface area contributed by atoms with E-state index < -0.39 is 17.4 Å². The van der Waals surface area contributed by atoms with Crippen molar-refractivity contribution >= 4 is 17.6 Å². The van der Waals surface area contributed by atoms with Gasteiger partial charge in [-0.05, 0) is 43.9 Å². The van der Waals surface area contributed by atoms with E-state index in [-0.39, 0.29) is 10.8 Å². The molecule has 0 spiro atoms. The summed E-state index contributed by atoms with van der Waals surface area (Å²) in [6.45, 7) is 0. The number of carbonyl (C=O) groups is 1. The SMILES string of the molecule is O=C(O)C1(Oc2ccc(F)cc2Cl)CCCCC1. The van der Waals surface area contributed by atoms with Crippen molar-refractivity contribution in [3.05, 3.63) is 29.0 Å². The summed E-state index contributed by atoms with van der Waals surface area (Å²) in [4.78, 5) is 11.4. The molecule has 0 aromatic heterocycles. The van der Waals surface area contributed by atoms with Crippen LogP contribution < -0.4 is 4.74 Å². The highest BCUT2D eigenvalue weighted by Gasteiger charge is 2.42. The molecule has 1 fully saturated rings. The standard InChI is InChI=1S/C13H14ClFO3/c14-10-8-9(15)4-5-11(10)18-13(12(16)17)6-2-1-3-7-13/h4-5,8H,1-3,6-7H2,(H,16,17). The highest BCUT2D eigenvalue weighted by Crippen LogP contribution is 2.36. The molecule has 0 bridgehead atoms. The molecule has 98 valence electrons. The van der Waals surface area contributed by atoms with E-state index in [0.29, 0.717) is 12.8 Å². The quantitative estimate of drug-likeness (QED) is 0.914. The van der Waals surface area contributed by atoms with E-state index in [9.17, 15) is 14.3 Å². The van der Waals surface area contributed by atoms with Crippen LogP contribution in [0.5, 0.6) is 5.75 Å². The minimum absolute atomic E-state index is 0.0983. The van der Waals surface area contributed by atoms with Crippen LogP contribution in [0.3, 0.4) is 0 Å². The van der Waals surface area contributed by atoms with Gasteiger partial charge < -0.3 is 9.84 Å². The Kier molecular flexibility index (Phi) is 3.76. The molecule has 0 amide bonds. The Bertz CT molecular complexity index is 456. The first kappa shape index (κ1) is 13.1.